The van der Waals surface area contributed by atoms with Crippen molar-refractivity contribution in [2.45, 2.75) is 44.6 Å². The van der Waals surface area contributed by atoms with E-state index in [0.29, 0.717) is 5.91 Å². The maximum Gasteiger partial charge on any atom is 0.230 e. The van der Waals surface area contributed by atoms with E-state index in [1.165, 1.54) is 31.4 Å². The zero-order valence-corrected chi connectivity index (χ0v) is 11.9. The highest BCUT2D eigenvalue weighted by Crippen LogP contribution is 2.41. The minimum Gasteiger partial charge on any atom is -0.365 e. The van der Waals surface area contributed by atoms with Crippen LogP contribution in [0.15, 0.2) is 24.3 Å². The summed E-state index contributed by atoms with van der Waals surface area (Å²) in [5.41, 5.74) is 2.41. The molecule has 0 aromatic heterocycles. The van der Waals surface area contributed by atoms with E-state index < -0.39 is 0 Å². The standard InChI is InChI=1S/C17H22N2O/c20-17(13-5-1-2-6-13)19-12-11-18(14-9-10-14)15-7-3-4-8-16(15)19/h3-4,7-8,13-14H,1-2,5-6,9-12H2. The SMILES string of the molecule is O=C(C1CCCC1)N1CCN(C2CC2)c2ccccc21. The van der Waals surface area contributed by atoms with Crippen molar-refractivity contribution in [1.29, 1.82) is 0 Å². The summed E-state index contributed by atoms with van der Waals surface area (Å²) >= 11 is 0. The molecule has 2 saturated carbocycles. The second kappa shape index (κ2) is 4.80. The van der Waals surface area contributed by atoms with Crippen LogP contribution in [0.5, 0.6) is 0 Å². The topological polar surface area (TPSA) is 23.6 Å². The number of carbonyl (C=O) groups is 1. The number of fused-ring (bicyclic) bond motifs is 1. The molecule has 4 rings (SSSR count). The number of hydrogen-bond acceptors (Lipinski definition) is 2. The van der Waals surface area contributed by atoms with Crippen molar-refractivity contribution in [2.24, 2.45) is 5.92 Å². The second-order valence-corrected chi connectivity index (χ2v) is 6.38. The summed E-state index contributed by atoms with van der Waals surface area (Å²) in [7, 11) is 0. The van der Waals surface area contributed by atoms with Gasteiger partial charge in [0.1, 0.15) is 0 Å². The number of para-hydroxylation sites is 2. The molecule has 106 valence electrons. The van der Waals surface area contributed by atoms with Crippen molar-refractivity contribution in [3.63, 3.8) is 0 Å². The summed E-state index contributed by atoms with van der Waals surface area (Å²) in [5, 5.41) is 0. The van der Waals surface area contributed by atoms with Crippen LogP contribution >= 0.6 is 0 Å². The van der Waals surface area contributed by atoms with Crippen LogP contribution in [0.25, 0.3) is 0 Å². The molecule has 0 unspecified atom stereocenters. The Hall–Kier alpha value is -1.51. The number of amides is 1. The van der Waals surface area contributed by atoms with E-state index in [1.54, 1.807) is 0 Å². The lowest BCUT2D eigenvalue weighted by Crippen LogP contribution is -2.46. The molecule has 1 aromatic carbocycles. The number of rotatable bonds is 2. The molecule has 3 heteroatoms. The van der Waals surface area contributed by atoms with E-state index in [-0.39, 0.29) is 5.92 Å². The maximum absolute atomic E-state index is 12.8. The van der Waals surface area contributed by atoms with Crippen LogP contribution in [0.4, 0.5) is 11.4 Å². The molecule has 0 N–H and O–H groups in total. The van der Waals surface area contributed by atoms with Crippen molar-refractivity contribution in [3.05, 3.63) is 24.3 Å². The molecule has 1 heterocycles. The molecule has 20 heavy (non-hydrogen) atoms. The van der Waals surface area contributed by atoms with Gasteiger partial charge in [-0.25, -0.2) is 0 Å². The van der Waals surface area contributed by atoms with Crippen molar-refractivity contribution < 1.29 is 4.79 Å². The molecule has 0 radical (unpaired) electrons. The number of nitrogens with zero attached hydrogens (tertiary/aromatic N) is 2. The first kappa shape index (κ1) is 12.2. The van der Waals surface area contributed by atoms with Crippen molar-refractivity contribution in [2.75, 3.05) is 22.9 Å². The van der Waals surface area contributed by atoms with Gasteiger partial charge in [-0.1, -0.05) is 25.0 Å². The number of benzene rings is 1. The Morgan fingerprint density at radius 2 is 1.65 bits per heavy atom. The molecular formula is C17H22N2O. The van der Waals surface area contributed by atoms with Gasteiger partial charge in [-0.15, -0.1) is 0 Å². The molecule has 1 aliphatic heterocycles. The first-order chi connectivity index (χ1) is 9.84. The Labute approximate surface area is 120 Å². The first-order valence-corrected chi connectivity index (χ1v) is 8.01. The van der Waals surface area contributed by atoms with Crippen LogP contribution < -0.4 is 9.80 Å². The van der Waals surface area contributed by atoms with Crippen molar-refractivity contribution >= 4 is 17.3 Å². The monoisotopic (exact) mass is 270 g/mol. The van der Waals surface area contributed by atoms with E-state index in [0.717, 1.165) is 37.7 Å². The summed E-state index contributed by atoms with van der Waals surface area (Å²) in [6.45, 7) is 1.86. The lowest BCUT2D eigenvalue weighted by molar-refractivity contribution is -0.122. The number of carbonyl (C=O) groups excluding carboxylic acids is 1. The molecule has 1 aromatic rings. The molecule has 3 aliphatic rings. The third kappa shape index (κ3) is 2.00. The van der Waals surface area contributed by atoms with Gasteiger partial charge in [0.15, 0.2) is 0 Å². The summed E-state index contributed by atoms with van der Waals surface area (Å²) < 4.78 is 0. The predicted molar refractivity (Wildman–Crippen MR) is 81.1 cm³/mol. The predicted octanol–water partition coefficient (Wildman–Crippen LogP) is 3.19. The fourth-order valence-corrected chi connectivity index (χ4v) is 3.77. The Morgan fingerprint density at radius 1 is 0.950 bits per heavy atom. The van der Waals surface area contributed by atoms with Crippen LogP contribution in [0.3, 0.4) is 0 Å². The van der Waals surface area contributed by atoms with Crippen molar-refractivity contribution in [3.8, 4) is 0 Å². The molecule has 2 fully saturated rings. The third-order valence-corrected chi connectivity index (χ3v) is 5.00. The van der Waals surface area contributed by atoms with Crippen LogP contribution in [0.2, 0.25) is 0 Å². The molecule has 0 saturated heterocycles. The quantitative estimate of drug-likeness (QED) is 0.824. The summed E-state index contributed by atoms with van der Waals surface area (Å²) in [5.74, 6) is 0.640. The number of anilines is 2. The van der Waals surface area contributed by atoms with Gasteiger partial charge < -0.3 is 9.80 Å². The van der Waals surface area contributed by atoms with E-state index in [1.807, 2.05) is 0 Å². The van der Waals surface area contributed by atoms with E-state index in [9.17, 15) is 4.79 Å². The average Bonchev–Trinajstić information content (AvgIpc) is 3.19. The van der Waals surface area contributed by atoms with Gasteiger partial charge in [0, 0.05) is 25.0 Å². The second-order valence-electron chi connectivity index (χ2n) is 6.38. The smallest absolute Gasteiger partial charge is 0.230 e. The maximum atomic E-state index is 12.8. The fraction of sp³-hybridized carbons (Fsp3) is 0.588. The van der Waals surface area contributed by atoms with Gasteiger partial charge in [-0.05, 0) is 37.8 Å². The van der Waals surface area contributed by atoms with Gasteiger partial charge in [-0.3, -0.25) is 4.79 Å². The minimum atomic E-state index is 0.274. The zero-order valence-electron chi connectivity index (χ0n) is 11.9. The highest BCUT2D eigenvalue weighted by Gasteiger charge is 2.37. The van der Waals surface area contributed by atoms with E-state index >= 15 is 0 Å². The minimum absolute atomic E-state index is 0.274. The van der Waals surface area contributed by atoms with Gasteiger partial charge >= 0.3 is 0 Å². The Kier molecular flexibility index (Phi) is 2.94. The Bertz CT molecular complexity index is 517. The highest BCUT2D eigenvalue weighted by molar-refractivity contribution is 5.99. The Morgan fingerprint density at radius 3 is 2.35 bits per heavy atom. The summed E-state index contributed by atoms with van der Waals surface area (Å²) in [6, 6.07) is 9.18. The first-order valence-electron chi connectivity index (χ1n) is 8.01. The van der Waals surface area contributed by atoms with Crippen LogP contribution in [-0.2, 0) is 4.79 Å². The molecule has 1 amide bonds. The average molecular weight is 270 g/mol. The third-order valence-electron chi connectivity index (χ3n) is 5.00. The van der Waals surface area contributed by atoms with E-state index in [4.69, 9.17) is 0 Å². The molecular weight excluding hydrogens is 248 g/mol. The van der Waals surface area contributed by atoms with Crippen molar-refractivity contribution in [1.82, 2.24) is 0 Å². The zero-order chi connectivity index (χ0) is 13.5. The summed E-state index contributed by atoms with van der Waals surface area (Å²) in [4.78, 5) is 17.3. The van der Waals surface area contributed by atoms with E-state index in [2.05, 4.69) is 34.1 Å². The lowest BCUT2D eigenvalue weighted by atomic mass is 10.0. The normalized spacial score (nSPS) is 23.0. The van der Waals surface area contributed by atoms with Gasteiger partial charge in [0.25, 0.3) is 0 Å². The Balaban J connectivity index is 1.64. The fourth-order valence-electron chi connectivity index (χ4n) is 3.77. The highest BCUT2D eigenvalue weighted by atomic mass is 16.2. The van der Waals surface area contributed by atoms with Gasteiger partial charge in [0.2, 0.25) is 5.91 Å². The molecule has 3 nitrogen and oxygen atoms in total. The van der Waals surface area contributed by atoms with Crippen LogP contribution in [0, 0.1) is 5.92 Å². The van der Waals surface area contributed by atoms with Crippen LogP contribution in [-0.4, -0.2) is 25.0 Å². The van der Waals surface area contributed by atoms with Crippen LogP contribution in [0.1, 0.15) is 38.5 Å². The van der Waals surface area contributed by atoms with Gasteiger partial charge in [0.05, 0.1) is 11.4 Å². The molecule has 0 bridgehead atoms. The van der Waals surface area contributed by atoms with Gasteiger partial charge in [-0.2, -0.15) is 0 Å². The number of hydrogen-bond donors (Lipinski definition) is 0. The summed E-state index contributed by atoms with van der Waals surface area (Å²) in [6.07, 6.45) is 7.24. The molecule has 0 spiro atoms. The molecule has 0 atom stereocenters. The molecule has 2 aliphatic carbocycles. The largest absolute Gasteiger partial charge is 0.365 e. The lowest BCUT2D eigenvalue weighted by Gasteiger charge is -2.39.